The standard InChI is InChI=1S/C76H124O40/c1-27-40(83)46(89)52(95)64(104-27)114-60-56(99)68(108-35(22-79)58(60)112-65-54(97)49(92)57(34(21-78)107-65)111-63-50(93)42(85)31(81)23-101-63)113-59-41(84)28(2)105-67(55(59)98)115-61-43(86)32(82)24-102-69(61)110-39-12-13-72(5)37(73(39,6)26-80)11-14-75(8)38(72)10-9-29-30-19-71(3,4)15-17-76(30,18-16-74(29,75)7)70(100)116-66-53(96)48(91)45(88)36(109-66)25-103-62-51(94)47(90)44(87)33(20-77)106-62/h9,27-28,30-69,77-99H,10-26H2,1-8H3/t27-,28-,30+,31+,32-,33+,34+,35+,36+,37+,38+,39-,40-,41-,42-,43-,44+,45+,46+,47-,48-,49+,50+,51+,52+,53+,54+,55+,56+,57+,58+,59+,60+,61+,62+,63-,64-,65-,66-,67-,68-,69-,72+,73-,74+,75+,76-/m0/s1. The number of hydrogen-bond acceptors (Lipinski definition) is 40. The molecule has 0 bridgehead atoms. The first-order valence-corrected chi connectivity index (χ1v) is 40.6. The van der Waals surface area contributed by atoms with E-state index in [-0.39, 0.29) is 29.8 Å². The Morgan fingerprint density at radius 3 is 1.56 bits per heavy atom. The number of allylic oxidation sites excluding steroid dienone is 2. The van der Waals surface area contributed by atoms with Crippen molar-refractivity contribution in [2.24, 2.45) is 50.2 Å². The molecular weight excluding hydrogens is 1550 g/mol. The van der Waals surface area contributed by atoms with Crippen molar-refractivity contribution in [2.45, 2.75) is 359 Å². The van der Waals surface area contributed by atoms with E-state index in [9.17, 15) is 117 Å². The summed E-state index contributed by atoms with van der Waals surface area (Å²) in [6.07, 6.45) is -61.5. The average molecular weight is 1680 g/mol. The van der Waals surface area contributed by atoms with E-state index in [1.165, 1.54) is 13.8 Å². The molecule has 40 heteroatoms. The molecule has 23 N–H and O–H groups in total. The molecule has 12 fully saturated rings. The number of carbonyl (C=O) groups excluding carboxylic acids is 1. The maximum Gasteiger partial charge on any atom is 0.315 e. The minimum atomic E-state index is -2.25. The van der Waals surface area contributed by atoms with Crippen molar-refractivity contribution in [1.82, 2.24) is 0 Å². The number of esters is 1. The van der Waals surface area contributed by atoms with Crippen molar-refractivity contribution in [3.8, 4) is 0 Å². The Labute approximate surface area is 669 Å². The van der Waals surface area contributed by atoms with Crippen LogP contribution < -0.4 is 0 Å². The van der Waals surface area contributed by atoms with Crippen LogP contribution in [0.2, 0.25) is 0 Å². The van der Waals surface area contributed by atoms with E-state index in [0.717, 1.165) is 5.57 Å². The van der Waals surface area contributed by atoms with Gasteiger partial charge in [0, 0.05) is 5.41 Å². The summed E-state index contributed by atoms with van der Waals surface area (Å²) in [6, 6.07) is 0. The van der Waals surface area contributed by atoms with E-state index in [1.807, 2.05) is 6.92 Å². The van der Waals surface area contributed by atoms with Crippen molar-refractivity contribution in [1.29, 1.82) is 0 Å². The third kappa shape index (κ3) is 16.2. The van der Waals surface area contributed by atoms with Crippen LogP contribution in [0, 0.1) is 50.2 Å². The molecular formula is C76H124O40. The SMILES string of the molecule is C[C@@H]1O[C@@H](O[C@@H]2[C@@H](O)[C@H](O[C@@H]3[C@@H](O)[C@H](C)O[C@@H](O[C@H]4[C@H](O[C@H]5CC[C@]6(C)[C@@H](CC[C@]7(C)[C@@H]6CC=C6[C@H]8CC(C)(C)CC[C@]8(C(=O)O[C@@H]8O[C@H](CO[C@@H]9O[C@H](CO)[C@@H](O)[C@H](O)[C@H]9O)[C@@H](O)[C@H](O)[C@H]8O)CC[C@]67C)[C@]5(C)CO)OC[C@H](O)[C@@H]4O)[C@@H]3O)O[C@H](CO)[C@H]2O[C@@H]2O[C@H](CO)[C@@H](O[C@@H]3OC[C@@H](O)[C@H](O)[C@H]3O)[C@H](O)[C@H]2O)[C@H](O)[C@H](O)[C@H]1O. The molecule has 0 aromatic rings. The molecule has 13 aliphatic rings. The van der Waals surface area contributed by atoms with Gasteiger partial charge in [0.05, 0.1) is 70.0 Å². The molecule has 668 valence electrons. The fourth-order valence-electron chi connectivity index (χ4n) is 21.7. The summed E-state index contributed by atoms with van der Waals surface area (Å²) in [4.78, 5) is 15.3. The number of aliphatic hydroxyl groups is 23. The largest absolute Gasteiger partial charge is 0.432 e. The Morgan fingerprint density at radius 1 is 0.414 bits per heavy atom. The molecule has 8 aliphatic heterocycles. The summed E-state index contributed by atoms with van der Waals surface area (Å²) in [5.41, 5.74) is -2.62. The first-order valence-electron chi connectivity index (χ1n) is 40.6. The van der Waals surface area contributed by atoms with E-state index in [0.29, 0.717) is 64.2 Å². The van der Waals surface area contributed by atoms with Gasteiger partial charge in [-0.2, -0.15) is 0 Å². The van der Waals surface area contributed by atoms with E-state index in [2.05, 4.69) is 40.7 Å². The van der Waals surface area contributed by atoms with Crippen LogP contribution >= 0.6 is 0 Å². The monoisotopic (exact) mass is 1680 g/mol. The molecule has 0 aromatic carbocycles. The van der Waals surface area contributed by atoms with E-state index in [4.69, 9.17) is 75.8 Å². The second-order valence-corrected chi connectivity index (χ2v) is 36.5. The van der Waals surface area contributed by atoms with Crippen molar-refractivity contribution in [3.05, 3.63) is 11.6 Å². The molecule has 8 heterocycles. The molecule has 0 unspecified atom stereocenters. The summed E-state index contributed by atoms with van der Waals surface area (Å²) in [5.74, 6) is -1.22. The first kappa shape index (κ1) is 91.4. The predicted molar refractivity (Wildman–Crippen MR) is 380 cm³/mol. The summed E-state index contributed by atoms with van der Waals surface area (Å²) >= 11 is 0. The summed E-state index contributed by atoms with van der Waals surface area (Å²) in [6.45, 7) is 11.0. The van der Waals surface area contributed by atoms with Crippen molar-refractivity contribution < 1.29 is 198 Å². The lowest BCUT2D eigenvalue weighted by atomic mass is 9.33. The molecule has 4 saturated carbocycles. The Hall–Kier alpha value is -2.31. The van der Waals surface area contributed by atoms with Gasteiger partial charge >= 0.3 is 5.97 Å². The molecule has 40 nitrogen and oxygen atoms in total. The number of hydrogen-bond donors (Lipinski definition) is 23. The smallest absolute Gasteiger partial charge is 0.315 e. The quantitative estimate of drug-likeness (QED) is 0.0288. The van der Waals surface area contributed by atoms with Gasteiger partial charge < -0.3 is 193 Å². The zero-order valence-corrected chi connectivity index (χ0v) is 66.1. The van der Waals surface area contributed by atoms with Gasteiger partial charge in [-0.1, -0.05) is 53.2 Å². The summed E-state index contributed by atoms with van der Waals surface area (Å²) in [7, 11) is 0. The van der Waals surface area contributed by atoms with Crippen molar-refractivity contribution in [3.63, 3.8) is 0 Å². The topological polar surface area (TPSA) is 630 Å². The lowest BCUT2D eigenvalue weighted by molar-refractivity contribution is -0.406. The lowest BCUT2D eigenvalue weighted by Crippen LogP contribution is -2.69. The highest BCUT2D eigenvalue weighted by molar-refractivity contribution is 5.79. The number of carbonyl (C=O) groups is 1. The van der Waals surface area contributed by atoms with Crippen LogP contribution in [0.1, 0.15) is 120 Å². The molecule has 13 rings (SSSR count). The highest BCUT2D eigenvalue weighted by Crippen LogP contribution is 2.76. The fraction of sp³-hybridized carbons (Fsp3) is 0.961. The Morgan fingerprint density at radius 2 is 0.905 bits per heavy atom. The normalized spacial score (nSPS) is 55.1. The summed E-state index contributed by atoms with van der Waals surface area (Å²) < 4.78 is 95.9. The molecule has 47 atom stereocenters. The highest BCUT2D eigenvalue weighted by atomic mass is 16.8. The Bertz CT molecular complexity index is 3310. The highest BCUT2D eigenvalue weighted by Gasteiger charge is 2.71. The van der Waals surface area contributed by atoms with Gasteiger partial charge in [0.25, 0.3) is 0 Å². The molecule has 116 heavy (non-hydrogen) atoms. The van der Waals surface area contributed by atoms with Gasteiger partial charge in [-0.05, 0) is 117 Å². The first-order chi connectivity index (χ1) is 54.6. The molecule has 0 aromatic heterocycles. The Balaban J connectivity index is 0.696. The third-order valence-electron chi connectivity index (χ3n) is 29.1. The van der Waals surface area contributed by atoms with Crippen molar-refractivity contribution in [2.75, 3.05) is 46.2 Å². The van der Waals surface area contributed by atoms with Crippen LogP contribution in [-0.4, -0.2) is 409 Å². The number of rotatable bonds is 21. The van der Waals surface area contributed by atoms with Gasteiger partial charge in [0.2, 0.25) is 6.29 Å². The van der Waals surface area contributed by atoms with E-state index < -0.39 is 312 Å². The van der Waals surface area contributed by atoms with Crippen molar-refractivity contribution >= 4 is 5.97 Å². The van der Waals surface area contributed by atoms with Gasteiger partial charge in [-0.15, -0.1) is 0 Å². The van der Waals surface area contributed by atoms with Crippen LogP contribution in [0.5, 0.6) is 0 Å². The Kier molecular flexibility index (Phi) is 27.8. The number of fused-ring (bicyclic) bond motifs is 7. The zero-order valence-electron chi connectivity index (χ0n) is 66.1. The van der Waals surface area contributed by atoms with Crippen LogP contribution in [0.15, 0.2) is 11.6 Å². The molecule has 0 amide bonds. The maximum absolute atomic E-state index is 15.3. The van der Waals surface area contributed by atoms with Gasteiger partial charge in [0.15, 0.2) is 44.0 Å². The molecule has 5 aliphatic carbocycles. The van der Waals surface area contributed by atoms with Gasteiger partial charge in [0.1, 0.15) is 171 Å². The minimum Gasteiger partial charge on any atom is -0.432 e. The van der Waals surface area contributed by atoms with E-state index in [1.54, 1.807) is 0 Å². The lowest BCUT2D eigenvalue weighted by Gasteiger charge is -2.71. The van der Waals surface area contributed by atoms with Crippen LogP contribution in [0.4, 0.5) is 0 Å². The zero-order chi connectivity index (χ0) is 84.4. The molecule has 0 radical (unpaired) electrons. The second-order valence-electron chi connectivity index (χ2n) is 36.5. The maximum atomic E-state index is 15.3. The average Bonchev–Trinajstić information content (AvgIpc) is 0.673. The molecule has 0 spiro atoms. The van der Waals surface area contributed by atoms with Crippen LogP contribution in [0.25, 0.3) is 0 Å². The number of aliphatic hydroxyl groups excluding tert-OH is 23. The fourth-order valence-corrected chi connectivity index (χ4v) is 21.7. The third-order valence-corrected chi connectivity index (χ3v) is 29.1. The van der Waals surface area contributed by atoms with Gasteiger partial charge in [-0.3, -0.25) is 4.79 Å². The summed E-state index contributed by atoms with van der Waals surface area (Å²) in [5, 5.41) is 254. The van der Waals surface area contributed by atoms with E-state index >= 15 is 4.79 Å². The van der Waals surface area contributed by atoms with Crippen LogP contribution in [-0.2, 0) is 80.6 Å². The van der Waals surface area contributed by atoms with Gasteiger partial charge in [-0.25, -0.2) is 0 Å². The molecule has 8 saturated heterocycles. The minimum absolute atomic E-state index is 0.00362. The predicted octanol–water partition coefficient (Wildman–Crippen LogP) is -8.43. The number of ether oxygens (including phenoxy) is 16. The second kappa shape index (κ2) is 35.3. The van der Waals surface area contributed by atoms with Crippen LogP contribution in [0.3, 0.4) is 0 Å².